The summed E-state index contributed by atoms with van der Waals surface area (Å²) >= 11 is -0.970. The second-order valence-corrected chi connectivity index (χ2v) is 25.5. The Morgan fingerprint density at radius 2 is 1.00 bits per heavy atom. The van der Waals surface area contributed by atoms with Crippen LogP contribution in [0.4, 0.5) is 0 Å². The fraction of sp³-hybridized carbons (Fsp3) is 1.00. The average molecular weight is 439 g/mol. The van der Waals surface area contributed by atoms with Crippen LogP contribution in [-0.2, 0) is 42.3 Å². The van der Waals surface area contributed by atoms with Crippen LogP contribution in [0.2, 0.25) is 20.2 Å². The second kappa shape index (κ2) is 7.52. The molecule has 0 unspecified atom stereocenters. The first-order valence-corrected chi connectivity index (χ1v) is 18.0. The predicted molar refractivity (Wildman–Crippen MR) is 60.9 cm³/mol. The third-order valence-corrected chi connectivity index (χ3v) is 38.4. The van der Waals surface area contributed by atoms with Gasteiger partial charge in [0.1, 0.15) is 0 Å². The van der Waals surface area contributed by atoms with Gasteiger partial charge in [-0.3, -0.25) is 0 Å². The molecule has 0 bridgehead atoms. The maximum atomic E-state index is 5.48. The van der Waals surface area contributed by atoms with E-state index in [-0.39, 0.29) is 0 Å². The molecule has 0 heterocycles. The molecule has 15 heavy (non-hydrogen) atoms. The summed E-state index contributed by atoms with van der Waals surface area (Å²) in [6.07, 6.45) is 0. The van der Waals surface area contributed by atoms with E-state index >= 15 is 0 Å². The molecule has 0 N–H and O–H groups in total. The Bertz CT molecular complexity index is 156. The van der Waals surface area contributed by atoms with E-state index in [0.717, 1.165) is 0 Å². The summed E-state index contributed by atoms with van der Waals surface area (Å²) in [5.74, 6) is 0. The molecule has 7 heteroatoms. The van der Waals surface area contributed by atoms with Crippen molar-refractivity contribution in [1.29, 1.82) is 0 Å². The van der Waals surface area contributed by atoms with Crippen LogP contribution in [0.25, 0.3) is 0 Å². The van der Waals surface area contributed by atoms with E-state index < -0.39 is 41.7 Å². The van der Waals surface area contributed by atoms with Crippen molar-refractivity contribution in [3.8, 4) is 0 Å². The van der Waals surface area contributed by atoms with E-state index in [0.29, 0.717) is 0 Å². The summed E-state index contributed by atoms with van der Waals surface area (Å²) in [5.41, 5.74) is 0. The van der Waals surface area contributed by atoms with Crippen molar-refractivity contribution < 1.29 is 42.3 Å². The number of rotatable bonds is 8. The van der Waals surface area contributed by atoms with Crippen LogP contribution in [0, 0.1) is 0 Å². The molecule has 0 aromatic heterocycles. The monoisotopic (exact) mass is 440 g/mol. The zero-order chi connectivity index (χ0) is 11.9. The van der Waals surface area contributed by atoms with Gasteiger partial charge in [0.15, 0.2) is 0 Å². The predicted octanol–water partition coefficient (Wildman–Crippen LogP) is 1.71. The third kappa shape index (κ3) is 5.90. The Hall–Kier alpha value is 1.21. The summed E-state index contributed by atoms with van der Waals surface area (Å²) in [7, 11) is 3.40. The van der Waals surface area contributed by atoms with Gasteiger partial charge in [-0.05, 0) is 0 Å². The van der Waals surface area contributed by atoms with Crippen molar-refractivity contribution in [2.75, 3.05) is 28.4 Å². The third-order valence-electron chi connectivity index (χ3n) is 2.99. The average Bonchev–Trinajstić information content (AvgIpc) is 2.28. The quantitative estimate of drug-likeness (QED) is 0.541. The molecule has 0 spiro atoms. The summed E-state index contributed by atoms with van der Waals surface area (Å²) in [6, 6.07) is 0. The van der Waals surface area contributed by atoms with Crippen LogP contribution >= 0.6 is 0 Å². The first-order chi connectivity index (χ1) is 6.95. The first-order valence-electron chi connectivity index (χ1n) is 5.16. The molecular formula is C8H22HgO4Si2. The topological polar surface area (TPSA) is 36.9 Å². The fourth-order valence-electron chi connectivity index (χ4n) is 1.31. The molecule has 0 fully saturated rings. The van der Waals surface area contributed by atoms with Crippen LogP contribution in [0.15, 0.2) is 0 Å². The Morgan fingerprint density at radius 3 is 1.20 bits per heavy atom. The zero-order valence-corrected chi connectivity index (χ0v) is 18.3. The van der Waals surface area contributed by atoms with Crippen LogP contribution in [-0.4, -0.2) is 45.6 Å². The molecule has 0 aliphatic carbocycles. The normalized spacial score (nSPS) is 12.7. The Labute approximate surface area is 108 Å². The van der Waals surface area contributed by atoms with Crippen molar-refractivity contribution in [1.82, 2.24) is 0 Å². The minimum absolute atomic E-state index is 0.970. The van der Waals surface area contributed by atoms with E-state index in [4.69, 9.17) is 17.7 Å². The van der Waals surface area contributed by atoms with E-state index in [1.807, 2.05) is 0 Å². The van der Waals surface area contributed by atoms with Crippen molar-refractivity contribution in [2.24, 2.45) is 0 Å². The summed E-state index contributed by atoms with van der Waals surface area (Å²) in [6.45, 7) is 4.26. The van der Waals surface area contributed by atoms with Crippen LogP contribution in [0.5, 0.6) is 0 Å². The van der Waals surface area contributed by atoms with Gasteiger partial charge < -0.3 is 0 Å². The molecule has 0 radical (unpaired) electrons. The van der Waals surface area contributed by atoms with E-state index in [1.54, 1.807) is 28.4 Å². The van der Waals surface area contributed by atoms with Crippen LogP contribution < -0.4 is 0 Å². The van der Waals surface area contributed by atoms with Gasteiger partial charge in [-0.15, -0.1) is 0 Å². The van der Waals surface area contributed by atoms with Gasteiger partial charge in [0.2, 0.25) is 0 Å². The second-order valence-electron chi connectivity index (χ2n) is 3.94. The van der Waals surface area contributed by atoms with Gasteiger partial charge in [-0.1, -0.05) is 0 Å². The SMILES string of the molecule is CO[Si](C)([CH2][Hg][CH2][Si](C)(OC)OC)OC. The van der Waals surface area contributed by atoms with Crippen molar-refractivity contribution in [3.05, 3.63) is 0 Å². The van der Waals surface area contributed by atoms with E-state index in [2.05, 4.69) is 13.1 Å². The molecule has 0 rings (SSSR count). The van der Waals surface area contributed by atoms with Gasteiger partial charge >= 0.3 is 108 Å². The molecule has 0 amide bonds. The van der Waals surface area contributed by atoms with E-state index in [9.17, 15) is 0 Å². The summed E-state index contributed by atoms with van der Waals surface area (Å²) in [5, 5.41) is 0. The first kappa shape index (κ1) is 16.2. The zero-order valence-electron chi connectivity index (χ0n) is 10.8. The minimum atomic E-state index is -1.81. The number of hydrogen-bond donors (Lipinski definition) is 0. The fourth-order valence-corrected chi connectivity index (χ4v) is 35.1. The molecule has 0 aliphatic rings. The summed E-state index contributed by atoms with van der Waals surface area (Å²) in [4.78, 5) is 0. The summed E-state index contributed by atoms with van der Waals surface area (Å²) < 4.78 is 24.3. The molecule has 0 aliphatic heterocycles. The molecule has 0 saturated carbocycles. The Balaban J connectivity index is 3.96. The molecule has 4 nitrogen and oxygen atoms in total. The number of hydrogen-bond acceptors (Lipinski definition) is 4. The molecule has 0 atom stereocenters. The van der Waals surface area contributed by atoms with Gasteiger partial charge in [0.25, 0.3) is 0 Å². The van der Waals surface area contributed by atoms with Crippen molar-refractivity contribution in [3.63, 3.8) is 0 Å². The van der Waals surface area contributed by atoms with Crippen LogP contribution in [0.3, 0.4) is 0 Å². The Kier molecular flexibility index (Phi) is 8.12. The van der Waals surface area contributed by atoms with Crippen molar-refractivity contribution in [2.45, 2.75) is 20.2 Å². The molecule has 0 saturated heterocycles. The van der Waals surface area contributed by atoms with Crippen molar-refractivity contribution >= 4 is 17.1 Å². The van der Waals surface area contributed by atoms with E-state index in [1.165, 1.54) is 7.11 Å². The van der Waals surface area contributed by atoms with Gasteiger partial charge in [-0.2, -0.15) is 0 Å². The van der Waals surface area contributed by atoms with Crippen LogP contribution in [0.1, 0.15) is 0 Å². The standard InChI is InChI=1S/2C4H11O2Si.Hg/c2*1-5-7(3,4)6-2;/h2*3H2,1-2,4H3;. The molecule has 88 valence electrons. The maximum absolute atomic E-state index is 5.48. The van der Waals surface area contributed by atoms with Gasteiger partial charge in [0, 0.05) is 0 Å². The Morgan fingerprint density at radius 1 is 0.733 bits per heavy atom. The molecule has 0 aromatic rings. The molecular weight excluding hydrogens is 417 g/mol. The van der Waals surface area contributed by atoms with Gasteiger partial charge in [0.05, 0.1) is 0 Å². The molecule has 0 aromatic carbocycles. The van der Waals surface area contributed by atoms with Gasteiger partial charge in [-0.25, -0.2) is 0 Å².